The van der Waals surface area contributed by atoms with Crippen molar-refractivity contribution in [2.45, 2.75) is 39.0 Å². The maximum atomic E-state index is 11.5. The summed E-state index contributed by atoms with van der Waals surface area (Å²) in [6.45, 7) is 4.93. The molecule has 0 aliphatic carbocycles. The molecule has 0 unspecified atom stereocenters. The predicted molar refractivity (Wildman–Crippen MR) is 116 cm³/mol. The highest BCUT2D eigenvalue weighted by Crippen LogP contribution is 2.16. The van der Waals surface area contributed by atoms with Crippen molar-refractivity contribution in [2.75, 3.05) is 40.5 Å². The van der Waals surface area contributed by atoms with E-state index in [9.17, 15) is 9.90 Å². The van der Waals surface area contributed by atoms with Gasteiger partial charge in [0.25, 0.3) is 0 Å². The summed E-state index contributed by atoms with van der Waals surface area (Å²) in [7, 11) is 3.32. The minimum absolute atomic E-state index is 0.00708. The Morgan fingerprint density at radius 2 is 2.07 bits per heavy atom. The summed E-state index contributed by atoms with van der Waals surface area (Å²) in [5.74, 6) is 0.566. The lowest BCUT2D eigenvalue weighted by Crippen LogP contribution is -2.37. The molecule has 7 heteroatoms. The molecule has 166 valence electrons. The average Bonchev–Trinajstić information content (AvgIpc) is 3.17. The summed E-state index contributed by atoms with van der Waals surface area (Å²) in [4.78, 5) is 13.7. The number of ether oxygens (including phenoxy) is 3. The SMILES string of the molecule is CCCC(=O)OC[C@H](O)CN(CCOC)Cc1cccn1Cc1cccc(OC)c1. The lowest BCUT2D eigenvalue weighted by molar-refractivity contribution is -0.147. The Hall–Kier alpha value is -2.35. The van der Waals surface area contributed by atoms with Crippen molar-refractivity contribution in [1.29, 1.82) is 0 Å². The number of aliphatic hydroxyl groups is 1. The number of benzene rings is 1. The van der Waals surface area contributed by atoms with Gasteiger partial charge < -0.3 is 23.9 Å². The number of methoxy groups -OCH3 is 2. The number of rotatable bonds is 14. The van der Waals surface area contributed by atoms with Gasteiger partial charge in [0.15, 0.2) is 0 Å². The molecule has 0 amide bonds. The van der Waals surface area contributed by atoms with Gasteiger partial charge in [-0.1, -0.05) is 19.1 Å². The van der Waals surface area contributed by atoms with Gasteiger partial charge in [0.1, 0.15) is 18.5 Å². The molecule has 0 radical (unpaired) electrons. The van der Waals surface area contributed by atoms with Gasteiger partial charge in [0, 0.05) is 51.6 Å². The lowest BCUT2D eigenvalue weighted by atomic mass is 10.2. The second kappa shape index (κ2) is 13.1. The Morgan fingerprint density at radius 1 is 1.23 bits per heavy atom. The van der Waals surface area contributed by atoms with Crippen LogP contribution in [0.1, 0.15) is 31.0 Å². The Bertz CT molecular complexity index is 762. The fourth-order valence-corrected chi connectivity index (χ4v) is 3.22. The molecule has 1 N–H and O–H groups in total. The minimum atomic E-state index is -0.746. The largest absolute Gasteiger partial charge is 0.497 e. The summed E-state index contributed by atoms with van der Waals surface area (Å²) in [5, 5.41) is 10.3. The first-order valence-electron chi connectivity index (χ1n) is 10.4. The molecule has 7 nitrogen and oxygen atoms in total. The molecule has 2 rings (SSSR count). The second-order valence-corrected chi connectivity index (χ2v) is 7.29. The predicted octanol–water partition coefficient (Wildman–Crippen LogP) is 2.70. The number of hydrogen-bond acceptors (Lipinski definition) is 6. The Morgan fingerprint density at radius 3 is 2.80 bits per heavy atom. The number of esters is 1. The zero-order valence-corrected chi connectivity index (χ0v) is 18.3. The minimum Gasteiger partial charge on any atom is -0.497 e. The van der Waals surface area contributed by atoms with Gasteiger partial charge in [-0.05, 0) is 36.2 Å². The molecule has 1 aromatic heterocycles. The van der Waals surface area contributed by atoms with Crippen molar-refractivity contribution in [3.8, 4) is 5.75 Å². The fourth-order valence-electron chi connectivity index (χ4n) is 3.22. The first-order chi connectivity index (χ1) is 14.5. The van der Waals surface area contributed by atoms with E-state index in [0.717, 1.165) is 30.0 Å². The zero-order valence-electron chi connectivity index (χ0n) is 18.3. The fraction of sp³-hybridized carbons (Fsp3) is 0.522. The molecule has 0 bridgehead atoms. The van der Waals surface area contributed by atoms with Gasteiger partial charge in [0.2, 0.25) is 0 Å². The number of carbonyl (C=O) groups is 1. The van der Waals surface area contributed by atoms with E-state index in [1.54, 1.807) is 14.2 Å². The van der Waals surface area contributed by atoms with Gasteiger partial charge in [-0.15, -0.1) is 0 Å². The van der Waals surface area contributed by atoms with E-state index < -0.39 is 6.10 Å². The molecule has 1 atom stereocenters. The lowest BCUT2D eigenvalue weighted by Gasteiger charge is -2.25. The van der Waals surface area contributed by atoms with Gasteiger partial charge in [-0.2, -0.15) is 0 Å². The molecule has 2 aromatic rings. The third-order valence-electron chi connectivity index (χ3n) is 4.77. The highest BCUT2D eigenvalue weighted by molar-refractivity contribution is 5.69. The zero-order chi connectivity index (χ0) is 21.8. The molecule has 1 heterocycles. The van der Waals surface area contributed by atoms with Crippen LogP contribution in [0.15, 0.2) is 42.6 Å². The van der Waals surface area contributed by atoms with Crippen molar-refractivity contribution >= 4 is 5.97 Å². The van der Waals surface area contributed by atoms with Gasteiger partial charge in [-0.3, -0.25) is 9.69 Å². The topological polar surface area (TPSA) is 73.2 Å². The molecule has 0 aliphatic rings. The maximum Gasteiger partial charge on any atom is 0.305 e. The molecule has 1 aromatic carbocycles. The van der Waals surface area contributed by atoms with E-state index in [0.29, 0.717) is 32.7 Å². The van der Waals surface area contributed by atoms with E-state index in [-0.39, 0.29) is 12.6 Å². The van der Waals surface area contributed by atoms with Crippen LogP contribution >= 0.6 is 0 Å². The maximum absolute atomic E-state index is 11.5. The number of aliphatic hydroxyl groups excluding tert-OH is 1. The van der Waals surface area contributed by atoms with E-state index >= 15 is 0 Å². The van der Waals surface area contributed by atoms with Crippen molar-refractivity contribution in [3.05, 3.63) is 53.9 Å². The number of carbonyl (C=O) groups excluding carboxylic acids is 1. The highest BCUT2D eigenvalue weighted by atomic mass is 16.5. The second-order valence-electron chi connectivity index (χ2n) is 7.29. The molecule has 30 heavy (non-hydrogen) atoms. The van der Waals surface area contributed by atoms with E-state index in [2.05, 4.69) is 21.6 Å². The number of nitrogens with zero attached hydrogens (tertiary/aromatic N) is 2. The summed E-state index contributed by atoms with van der Waals surface area (Å²) < 4.78 is 17.9. The summed E-state index contributed by atoms with van der Waals surface area (Å²) in [6.07, 6.45) is 2.41. The third-order valence-corrected chi connectivity index (χ3v) is 4.77. The summed E-state index contributed by atoms with van der Waals surface area (Å²) in [5.41, 5.74) is 2.28. The average molecular weight is 419 g/mol. The van der Waals surface area contributed by atoms with Crippen molar-refractivity contribution in [3.63, 3.8) is 0 Å². The number of hydrogen-bond donors (Lipinski definition) is 1. The Balaban J connectivity index is 1.98. The first kappa shape index (κ1) is 23.9. The van der Waals surface area contributed by atoms with Crippen LogP contribution in [0.2, 0.25) is 0 Å². The quantitative estimate of drug-likeness (QED) is 0.476. The monoisotopic (exact) mass is 418 g/mol. The van der Waals surface area contributed by atoms with Crippen LogP contribution in [0.4, 0.5) is 0 Å². The van der Waals surface area contributed by atoms with Crippen LogP contribution < -0.4 is 4.74 Å². The Labute approximate surface area is 179 Å². The first-order valence-corrected chi connectivity index (χ1v) is 10.4. The molecular formula is C23H34N2O5. The van der Waals surface area contributed by atoms with E-state index in [4.69, 9.17) is 14.2 Å². The molecule has 0 saturated heterocycles. The van der Waals surface area contributed by atoms with Gasteiger partial charge in [0.05, 0.1) is 13.7 Å². The van der Waals surface area contributed by atoms with E-state index in [1.807, 2.05) is 37.4 Å². The van der Waals surface area contributed by atoms with E-state index in [1.165, 1.54) is 0 Å². The van der Waals surface area contributed by atoms with Crippen LogP contribution in [0, 0.1) is 0 Å². The van der Waals surface area contributed by atoms with Crippen molar-refractivity contribution < 1.29 is 24.1 Å². The van der Waals surface area contributed by atoms with Crippen LogP contribution in [0.3, 0.4) is 0 Å². The van der Waals surface area contributed by atoms with Crippen LogP contribution in [-0.2, 0) is 27.4 Å². The molecule has 0 aliphatic heterocycles. The molecule has 0 spiro atoms. The third kappa shape index (κ3) is 8.18. The summed E-state index contributed by atoms with van der Waals surface area (Å²) >= 11 is 0. The van der Waals surface area contributed by atoms with Crippen molar-refractivity contribution in [1.82, 2.24) is 9.47 Å². The number of aromatic nitrogens is 1. The summed E-state index contributed by atoms with van der Waals surface area (Å²) in [6, 6.07) is 12.1. The smallest absolute Gasteiger partial charge is 0.305 e. The highest BCUT2D eigenvalue weighted by Gasteiger charge is 2.16. The molecule has 0 fully saturated rings. The van der Waals surface area contributed by atoms with Gasteiger partial charge in [-0.25, -0.2) is 0 Å². The van der Waals surface area contributed by atoms with Crippen LogP contribution in [0.25, 0.3) is 0 Å². The molecular weight excluding hydrogens is 384 g/mol. The van der Waals surface area contributed by atoms with Crippen LogP contribution in [0.5, 0.6) is 5.75 Å². The van der Waals surface area contributed by atoms with Gasteiger partial charge >= 0.3 is 5.97 Å². The Kier molecular flexibility index (Phi) is 10.4. The normalized spacial score (nSPS) is 12.2. The van der Waals surface area contributed by atoms with Crippen molar-refractivity contribution in [2.24, 2.45) is 0 Å². The standard InChI is InChI=1S/C23H34N2O5/c1-4-7-23(27)30-18-21(26)17-24(12-13-28-2)16-20-9-6-11-25(20)15-19-8-5-10-22(14-19)29-3/h5-6,8-11,14,21,26H,4,7,12-13,15-18H2,1-3H3/t21-/m1/s1. The van der Waals surface area contributed by atoms with Crippen LogP contribution in [-0.4, -0.2) is 67.2 Å². The molecule has 0 saturated carbocycles.